The molecule has 7 heteroatoms. The third kappa shape index (κ3) is 7.84. The maximum atomic E-state index is 14.4. The van der Waals surface area contributed by atoms with Gasteiger partial charge in [-0.25, -0.2) is 4.79 Å². The van der Waals surface area contributed by atoms with Gasteiger partial charge < -0.3 is 20.3 Å². The van der Waals surface area contributed by atoms with Crippen molar-refractivity contribution in [1.29, 1.82) is 0 Å². The highest BCUT2D eigenvalue weighted by Crippen LogP contribution is 2.36. The van der Waals surface area contributed by atoms with E-state index in [1.54, 1.807) is 25.7 Å². The first-order valence-corrected chi connectivity index (χ1v) is 14.1. The van der Waals surface area contributed by atoms with E-state index in [0.29, 0.717) is 13.0 Å². The van der Waals surface area contributed by atoms with Gasteiger partial charge in [0.2, 0.25) is 11.8 Å². The number of hydrogen-bond acceptors (Lipinski definition) is 4. The number of carbonyl (C=O) groups is 3. The summed E-state index contributed by atoms with van der Waals surface area (Å²) in [5, 5.41) is 5.94. The molecule has 1 aliphatic carbocycles. The molecule has 2 aromatic rings. The molecule has 2 N–H and O–H groups in total. The van der Waals surface area contributed by atoms with E-state index < -0.39 is 23.8 Å². The fraction of sp³-hybridized carbons (Fsp3) is 0.531. The van der Waals surface area contributed by atoms with Gasteiger partial charge in [0.15, 0.2) is 0 Å². The van der Waals surface area contributed by atoms with Gasteiger partial charge in [0.1, 0.15) is 17.7 Å². The van der Waals surface area contributed by atoms with Crippen molar-refractivity contribution < 1.29 is 19.1 Å². The zero-order chi connectivity index (χ0) is 28.7. The molecule has 1 aliphatic rings. The second kappa shape index (κ2) is 13.1. The van der Waals surface area contributed by atoms with Gasteiger partial charge >= 0.3 is 6.09 Å². The molecule has 0 heterocycles. The van der Waals surface area contributed by atoms with Crippen LogP contribution in [0.3, 0.4) is 0 Å². The van der Waals surface area contributed by atoms with Crippen LogP contribution in [0.4, 0.5) is 4.79 Å². The Bertz CT molecular complexity index is 1140. The van der Waals surface area contributed by atoms with E-state index >= 15 is 0 Å². The number of amides is 3. The number of ether oxygens (including phenoxy) is 1. The molecular weight excluding hydrogens is 490 g/mol. The van der Waals surface area contributed by atoms with Crippen molar-refractivity contribution in [1.82, 2.24) is 15.5 Å². The maximum Gasteiger partial charge on any atom is 0.408 e. The summed E-state index contributed by atoms with van der Waals surface area (Å²) in [7, 11) is 0. The molecule has 0 aliphatic heterocycles. The van der Waals surface area contributed by atoms with Crippen molar-refractivity contribution >= 4 is 17.9 Å². The average Bonchev–Trinajstić information content (AvgIpc) is 2.85. The average molecular weight is 536 g/mol. The Morgan fingerprint density at radius 3 is 2.26 bits per heavy atom. The van der Waals surface area contributed by atoms with Crippen LogP contribution in [0.1, 0.15) is 88.6 Å². The number of nitrogens with one attached hydrogen (secondary N) is 2. The lowest BCUT2D eigenvalue weighted by atomic mass is 9.85. The number of benzene rings is 2. The van der Waals surface area contributed by atoms with Crippen LogP contribution >= 0.6 is 0 Å². The summed E-state index contributed by atoms with van der Waals surface area (Å²) in [6, 6.07) is 13.9. The zero-order valence-corrected chi connectivity index (χ0v) is 24.5. The minimum absolute atomic E-state index is 0.0862. The lowest BCUT2D eigenvalue weighted by Gasteiger charge is -2.44. The fourth-order valence-electron chi connectivity index (χ4n) is 4.83. The van der Waals surface area contributed by atoms with Crippen molar-refractivity contribution in [2.24, 2.45) is 5.92 Å². The highest BCUT2D eigenvalue weighted by molar-refractivity contribution is 5.93. The molecule has 0 bridgehead atoms. The summed E-state index contributed by atoms with van der Waals surface area (Å²) in [4.78, 5) is 43.0. The summed E-state index contributed by atoms with van der Waals surface area (Å²) in [6.07, 6.45) is 2.68. The molecule has 7 nitrogen and oxygen atoms in total. The van der Waals surface area contributed by atoms with Crippen molar-refractivity contribution in [2.45, 2.75) is 104 Å². The van der Waals surface area contributed by atoms with Crippen molar-refractivity contribution in [3.63, 3.8) is 0 Å². The molecule has 0 saturated heterocycles. The van der Waals surface area contributed by atoms with Gasteiger partial charge in [-0.3, -0.25) is 9.59 Å². The van der Waals surface area contributed by atoms with Crippen LogP contribution in [-0.2, 0) is 20.9 Å². The molecule has 3 unspecified atom stereocenters. The van der Waals surface area contributed by atoms with E-state index in [0.717, 1.165) is 41.5 Å². The zero-order valence-electron chi connectivity index (χ0n) is 24.5. The molecule has 0 spiro atoms. The van der Waals surface area contributed by atoms with Gasteiger partial charge in [-0.2, -0.15) is 0 Å². The SMILES string of the molecule is CCC(C)C(NC(=O)OC(C)(C)C)C(=O)N(C1CCC1)C(C(=O)NCc1ccccc1)c1cccc(C)c1C. The molecule has 3 atom stereocenters. The molecule has 212 valence electrons. The summed E-state index contributed by atoms with van der Waals surface area (Å²) in [5.41, 5.74) is 3.13. The Morgan fingerprint density at radius 2 is 1.69 bits per heavy atom. The largest absolute Gasteiger partial charge is 0.444 e. The van der Waals surface area contributed by atoms with E-state index in [2.05, 4.69) is 10.6 Å². The van der Waals surface area contributed by atoms with Crippen LogP contribution in [0.5, 0.6) is 0 Å². The van der Waals surface area contributed by atoms with E-state index in [-0.39, 0.29) is 23.8 Å². The van der Waals surface area contributed by atoms with Crippen LogP contribution in [0.15, 0.2) is 48.5 Å². The third-order valence-electron chi connectivity index (χ3n) is 7.65. The molecule has 1 saturated carbocycles. The Balaban J connectivity index is 2.02. The standard InChI is InChI=1S/C32H45N3O4/c1-8-21(2)27(34-31(38)39-32(5,6)7)30(37)35(25-17-13-18-25)28(26-19-12-14-22(3)23(26)4)29(36)33-20-24-15-10-9-11-16-24/h9-12,14-16,19,21,25,27-28H,8,13,17-18,20H2,1-7H3,(H,33,36)(H,34,38). The van der Waals surface area contributed by atoms with Gasteiger partial charge in [0, 0.05) is 12.6 Å². The third-order valence-corrected chi connectivity index (χ3v) is 7.65. The Labute approximate surface area is 233 Å². The number of aryl methyl sites for hydroxylation is 1. The first kappa shape index (κ1) is 30.2. The topological polar surface area (TPSA) is 87.7 Å². The number of nitrogens with zero attached hydrogens (tertiary/aromatic N) is 1. The van der Waals surface area contributed by atoms with E-state index in [1.807, 2.05) is 76.2 Å². The van der Waals surface area contributed by atoms with E-state index in [4.69, 9.17) is 4.74 Å². The van der Waals surface area contributed by atoms with Crippen molar-refractivity contribution in [3.05, 3.63) is 70.8 Å². The summed E-state index contributed by atoms with van der Waals surface area (Å²) in [6.45, 7) is 13.7. The molecule has 39 heavy (non-hydrogen) atoms. The maximum absolute atomic E-state index is 14.4. The monoisotopic (exact) mass is 535 g/mol. The first-order valence-electron chi connectivity index (χ1n) is 14.1. The van der Waals surface area contributed by atoms with Crippen LogP contribution in [0.2, 0.25) is 0 Å². The molecule has 1 fully saturated rings. The highest BCUT2D eigenvalue weighted by atomic mass is 16.6. The number of carbonyl (C=O) groups excluding carboxylic acids is 3. The van der Waals surface area contributed by atoms with Gasteiger partial charge in [-0.05, 0) is 82.1 Å². The molecule has 3 amide bonds. The summed E-state index contributed by atoms with van der Waals surface area (Å²) in [5.74, 6) is -0.632. The molecule has 3 rings (SSSR count). The number of hydrogen-bond donors (Lipinski definition) is 2. The number of alkyl carbamates (subject to hydrolysis) is 1. The molecule has 2 aromatic carbocycles. The van der Waals surface area contributed by atoms with Gasteiger partial charge in [0.25, 0.3) is 0 Å². The molecule has 0 radical (unpaired) electrons. The van der Waals surface area contributed by atoms with Crippen LogP contribution in [-0.4, -0.2) is 40.5 Å². The minimum Gasteiger partial charge on any atom is -0.444 e. The minimum atomic E-state index is -0.821. The Hall–Kier alpha value is -3.35. The van der Waals surface area contributed by atoms with Gasteiger partial charge in [-0.1, -0.05) is 68.8 Å². The predicted octanol–water partition coefficient (Wildman–Crippen LogP) is 5.98. The summed E-state index contributed by atoms with van der Waals surface area (Å²) < 4.78 is 5.51. The second-order valence-corrected chi connectivity index (χ2v) is 11.7. The second-order valence-electron chi connectivity index (χ2n) is 11.7. The summed E-state index contributed by atoms with van der Waals surface area (Å²) >= 11 is 0. The van der Waals surface area contributed by atoms with E-state index in [9.17, 15) is 14.4 Å². The van der Waals surface area contributed by atoms with Crippen molar-refractivity contribution in [2.75, 3.05) is 0 Å². The number of rotatable bonds is 10. The van der Waals surface area contributed by atoms with E-state index in [1.165, 1.54) is 0 Å². The first-order chi connectivity index (χ1) is 18.4. The predicted molar refractivity (Wildman–Crippen MR) is 154 cm³/mol. The van der Waals surface area contributed by atoms with Gasteiger partial charge in [-0.15, -0.1) is 0 Å². The Morgan fingerprint density at radius 1 is 1.03 bits per heavy atom. The lowest BCUT2D eigenvalue weighted by molar-refractivity contribution is -0.148. The van der Waals surface area contributed by atoms with Crippen molar-refractivity contribution in [3.8, 4) is 0 Å². The fourth-order valence-corrected chi connectivity index (χ4v) is 4.83. The van der Waals surface area contributed by atoms with Gasteiger partial charge in [0.05, 0.1) is 0 Å². The highest BCUT2D eigenvalue weighted by Gasteiger charge is 2.43. The Kier molecular flexibility index (Phi) is 10.2. The van der Waals surface area contributed by atoms with Crippen LogP contribution in [0.25, 0.3) is 0 Å². The normalized spacial score (nSPS) is 15.9. The quantitative estimate of drug-likeness (QED) is 0.392. The van der Waals surface area contributed by atoms with Crippen LogP contribution in [0, 0.1) is 19.8 Å². The smallest absolute Gasteiger partial charge is 0.408 e. The van der Waals surface area contributed by atoms with Crippen LogP contribution < -0.4 is 10.6 Å². The molecule has 0 aromatic heterocycles. The molecular formula is C32H45N3O4. The lowest BCUT2D eigenvalue weighted by Crippen LogP contribution is -2.59.